The molecule has 1 atom stereocenters. The Bertz CT molecular complexity index is 799. The Labute approximate surface area is 127 Å². The average Bonchev–Trinajstić information content (AvgIpc) is 2.98. The minimum atomic E-state index is -0.346. The SMILES string of the molecule is CCOC(=O)C(C)c1ccc2oc(-c3cnccn3)nc2c1. The lowest BCUT2D eigenvalue weighted by Crippen LogP contribution is -2.12. The second kappa shape index (κ2) is 5.93. The summed E-state index contributed by atoms with van der Waals surface area (Å²) in [6.45, 7) is 3.97. The summed E-state index contributed by atoms with van der Waals surface area (Å²) in [7, 11) is 0. The van der Waals surface area contributed by atoms with Gasteiger partial charge < -0.3 is 9.15 Å². The molecule has 2 heterocycles. The Kier molecular flexibility index (Phi) is 3.82. The standard InChI is InChI=1S/C16H15N3O3/c1-3-21-16(20)10(2)11-4-5-14-12(8-11)19-15(22-14)13-9-17-6-7-18-13/h4-10H,3H2,1-2H3. The molecule has 0 amide bonds. The number of oxazole rings is 1. The summed E-state index contributed by atoms with van der Waals surface area (Å²) >= 11 is 0. The van der Waals surface area contributed by atoms with Gasteiger partial charge in [-0.3, -0.25) is 9.78 Å². The van der Waals surface area contributed by atoms with E-state index in [4.69, 9.17) is 9.15 Å². The van der Waals surface area contributed by atoms with Crippen molar-refractivity contribution >= 4 is 17.1 Å². The summed E-state index contributed by atoms with van der Waals surface area (Å²) in [6.07, 6.45) is 4.76. The van der Waals surface area contributed by atoms with Gasteiger partial charge in [-0.1, -0.05) is 6.07 Å². The fourth-order valence-electron chi connectivity index (χ4n) is 2.14. The first kappa shape index (κ1) is 14.2. The molecule has 0 saturated carbocycles. The molecule has 6 nitrogen and oxygen atoms in total. The number of carbonyl (C=O) groups is 1. The van der Waals surface area contributed by atoms with Crippen LogP contribution in [0.25, 0.3) is 22.7 Å². The van der Waals surface area contributed by atoms with Crippen molar-refractivity contribution in [2.75, 3.05) is 6.61 Å². The largest absolute Gasteiger partial charge is 0.466 e. The van der Waals surface area contributed by atoms with E-state index in [1.165, 1.54) is 0 Å². The number of ether oxygens (including phenoxy) is 1. The van der Waals surface area contributed by atoms with Gasteiger partial charge in [0.1, 0.15) is 11.2 Å². The smallest absolute Gasteiger partial charge is 0.313 e. The molecule has 0 aliphatic heterocycles. The summed E-state index contributed by atoms with van der Waals surface area (Å²) in [6, 6.07) is 5.48. The maximum atomic E-state index is 11.8. The Morgan fingerprint density at radius 3 is 2.95 bits per heavy atom. The molecule has 0 spiro atoms. The number of rotatable bonds is 4. The molecule has 0 N–H and O–H groups in total. The third-order valence-electron chi connectivity index (χ3n) is 3.33. The van der Waals surface area contributed by atoms with Crippen LogP contribution in [0.1, 0.15) is 25.3 Å². The third-order valence-corrected chi connectivity index (χ3v) is 3.33. The van der Waals surface area contributed by atoms with Gasteiger partial charge >= 0.3 is 5.97 Å². The lowest BCUT2D eigenvalue weighted by atomic mass is 10.0. The highest BCUT2D eigenvalue weighted by molar-refractivity contribution is 5.81. The van der Waals surface area contributed by atoms with Crippen molar-refractivity contribution in [3.63, 3.8) is 0 Å². The predicted octanol–water partition coefficient (Wildman–Crippen LogP) is 2.95. The maximum absolute atomic E-state index is 11.8. The average molecular weight is 297 g/mol. The van der Waals surface area contributed by atoms with E-state index in [1.807, 2.05) is 19.1 Å². The van der Waals surface area contributed by atoms with E-state index in [2.05, 4.69) is 15.0 Å². The van der Waals surface area contributed by atoms with Crippen LogP contribution in [-0.2, 0) is 9.53 Å². The van der Waals surface area contributed by atoms with Gasteiger partial charge in [0.15, 0.2) is 5.58 Å². The molecule has 1 aromatic carbocycles. The number of esters is 1. The van der Waals surface area contributed by atoms with Crippen LogP contribution in [-0.4, -0.2) is 27.5 Å². The monoisotopic (exact) mass is 297 g/mol. The Balaban J connectivity index is 1.95. The van der Waals surface area contributed by atoms with E-state index < -0.39 is 0 Å². The van der Waals surface area contributed by atoms with E-state index in [1.54, 1.807) is 31.6 Å². The zero-order valence-corrected chi connectivity index (χ0v) is 12.3. The molecular weight excluding hydrogens is 282 g/mol. The fourth-order valence-corrected chi connectivity index (χ4v) is 2.14. The first-order chi connectivity index (χ1) is 10.7. The van der Waals surface area contributed by atoms with Crippen molar-refractivity contribution in [2.24, 2.45) is 0 Å². The highest BCUT2D eigenvalue weighted by Crippen LogP contribution is 2.26. The minimum absolute atomic E-state index is 0.250. The van der Waals surface area contributed by atoms with Crippen LogP contribution in [0, 0.1) is 0 Å². The van der Waals surface area contributed by atoms with Crippen molar-refractivity contribution < 1.29 is 13.9 Å². The van der Waals surface area contributed by atoms with Crippen molar-refractivity contribution in [3.8, 4) is 11.6 Å². The van der Waals surface area contributed by atoms with Crippen molar-refractivity contribution in [2.45, 2.75) is 19.8 Å². The summed E-state index contributed by atoms with van der Waals surface area (Å²) < 4.78 is 10.7. The van der Waals surface area contributed by atoms with E-state index in [0.29, 0.717) is 29.3 Å². The topological polar surface area (TPSA) is 78.1 Å². The summed E-state index contributed by atoms with van der Waals surface area (Å²) in [4.78, 5) is 24.4. The Morgan fingerprint density at radius 1 is 1.36 bits per heavy atom. The van der Waals surface area contributed by atoms with Crippen molar-refractivity contribution in [1.82, 2.24) is 15.0 Å². The number of benzene rings is 1. The van der Waals surface area contributed by atoms with E-state index in [0.717, 1.165) is 5.56 Å². The van der Waals surface area contributed by atoms with Crippen LogP contribution in [0.5, 0.6) is 0 Å². The lowest BCUT2D eigenvalue weighted by molar-refractivity contribution is -0.144. The molecule has 0 aliphatic rings. The summed E-state index contributed by atoms with van der Waals surface area (Å²) in [5.74, 6) is -0.190. The quantitative estimate of drug-likeness (QED) is 0.689. The van der Waals surface area contributed by atoms with Crippen LogP contribution < -0.4 is 0 Å². The van der Waals surface area contributed by atoms with Gasteiger partial charge in [0.2, 0.25) is 5.89 Å². The molecule has 6 heteroatoms. The molecule has 2 aromatic heterocycles. The van der Waals surface area contributed by atoms with Gasteiger partial charge in [-0.2, -0.15) is 0 Å². The zero-order valence-electron chi connectivity index (χ0n) is 12.3. The van der Waals surface area contributed by atoms with Crippen LogP contribution in [0.4, 0.5) is 0 Å². The molecule has 0 fully saturated rings. The predicted molar refractivity (Wildman–Crippen MR) is 80.1 cm³/mol. The summed E-state index contributed by atoms with van der Waals surface area (Å²) in [5.41, 5.74) is 2.72. The van der Waals surface area contributed by atoms with Crippen LogP contribution >= 0.6 is 0 Å². The number of hydrogen-bond acceptors (Lipinski definition) is 6. The van der Waals surface area contributed by atoms with Crippen LogP contribution in [0.2, 0.25) is 0 Å². The number of carbonyl (C=O) groups excluding carboxylic acids is 1. The number of aromatic nitrogens is 3. The molecule has 0 aliphatic carbocycles. The summed E-state index contributed by atoms with van der Waals surface area (Å²) in [5, 5.41) is 0. The molecule has 22 heavy (non-hydrogen) atoms. The molecule has 0 radical (unpaired) electrons. The minimum Gasteiger partial charge on any atom is -0.466 e. The number of nitrogens with zero attached hydrogens (tertiary/aromatic N) is 3. The van der Waals surface area contributed by atoms with E-state index in [9.17, 15) is 4.79 Å². The van der Waals surface area contributed by atoms with Gasteiger partial charge in [-0.15, -0.1) is 0 Å². The molecule has 0 bridgehead atoms. The molecule has 3 rings (SSSR count). The zero-order chi connectivity index (χ0) is 15.5. The molecule has 1 unspecified atom stereocenters. The highest BCUT2D eigenvalue weighted by Gasteiger charge is 2.18. The number of hydrogen-bond donors (Lipinski definition) is 0. The maximum Gasteiger partial charge on any atom is 0.313 e. The van der Waals surface area contributed by atoms with Gasteiger partial charge in [-0.25, -0.2) is 9.97 Å². The van der Waals surface area contributed by atoms with Gasteiger partial charge in [0.25, 0.3) is 0 Å². The first-order valence-electron chi connectivity index (χ1n) is 7.02. The highest BCUT2D eigenvalue weighted by atomic mass is 16.5. The molecular formula is C16H15N3O3. The third kappa shape index (κ3) is 2.67. The van der Waals surface area contributed by atoms with Crippen LogP contribution in [0.15, 0.2) is 41.2 Å². The van der Waals surface area contributed by atoms with Gasteiger partial charge in [0, 0.05) is 12.4 Å². The lowest BCUT2D eigenvalue weighted by Gasteiger charge is -2.10. The fraction of sp³-hybridized carbons (Fsp3) is 0.250. The Hall–Kier alpha value is -2.76. The second-order valence-electron chi connectivity index (χ2n) is 4.81. The molecule has 112 valence electrons. The Morgan fingerprint density at radius 2 is 2.23 bits per heavy atom. The second-order valence-corrected chi connectivity index (χ2v) is 4.81. The molecule has 0 saturated heterocycles. The molecule has 3 aromatic rings. The van der Waals surface area contributed by atoms with E-state index >= 15 is 0 Å². The van der Waals surface area contributed by atoms with E-state index in [-0.39, 0.29) is 11.9 Å². The van der Waals surface area contributed by atoms with Crippen LogP contribution in [0.3, 0.4) is 0 Å². The van der Waals surface area contributed by atoms with Crippen molar-refractivity contribution in [3.05, 3.63) is 42.4 Å². The number of fused-ring (bicyclic) bond motifs is 1. The van der Waals surface area contributed by atoms with Gasteiger partial charge in [-0.05, 0) is 31.5 Å². The van der Waals surface area contributed by atoms with Gasteiger partial charge in [0.05, 0.1) is 18.7 Å². The van der Waals surface area contributed by atoms with Crippen molar-refractivity contribution in [1.29, 1.82) is 0 Å². The normalized spacial score (nSPS) is 12.3. The first-order valence-corrected chi connectivity index (χ1v) is 7.02.